The maximum Gasteiger partial charge on any atom is 0.132 e. The molecular formula is C15H21BrO. The Morgan fingerprint density at radius 2 is 2.06 bits per heavy atom. The largest absolute Gasteiger partial charge is 0.300 e. The quantitative estimate of drug-likeness (QED) is 0.721. The molecule has 1 rings (SSSR count). The van der Waals surface area contributed by atoms with Gasteiger partial charge in [0.15, 0.2) is 0 Å². The Morgan fingerprint density at radius 1 is 1.35 bits per heavy atom. The van der Waals surface area contributed by atoms with Gasteiger partial charge in [0, 0.05) is 17.3 Å². The molecule has 0 spiro atoms. The SMILES string of the molecule is CCC(=O)CCC(CC)c1ccc(C)cc1Br. The summed E-state index contributed by atoms with van der Waals surface area (Å²) in [5.74, 6) is 0.854. The van der Waals surface area contributed by atoms with Crippen LogP contribution in [0.5, 0.6) is 0 Å². The van der Waals surface area contributed by atoms with Crippen molar-refractivity contribution >= 4 is 21.7 Å². The lowest BCUT2D eigenvalue weighted by atomic mass is 9.90. The van der Waals surface area contributed by atoms with Gasteiger partial charge in [-0.25, -0.2) is 0 Å². The maximum atomic E-state index is 11.4. The third kappa shape index (κ3) is 4.27. The van der Waals surface area contributed by atoms with Gasteiger partial charge in [0.2, 0.25) is 0 Å². The summed E-state index contributed by atoms with van der Waals surface area (Å²) in [5.41, 5.74) is 2.60. The van der Waals surface area contributed by atoms with Crippen molar-refractivity contribution in [3.63, 3.8) is 0 Å². The van der Waals surface area contributed by atoms with E-state index in [9.17, 15) is 4.79 Å². The van der Waals surface area contributed by atoms with Gasteiger partial charge in [-0.2, -0.15) is 0 Å². The predicted molar refractivity (Wildman–Crippen MR) is 76.4 cm³/mol. The monoisotopic (exact) mass is 296 g/mol. The lowest BCUT2D eigenvalue weighted by molar-refractivity contribution is -0.118. The van der Waals surface area contributed by atoms with Gasteiger partial charge in [0.25, 0.3) is 0 Å². The zero-order valence-electron chi connectivity index (χ0n) is 10.9. The highest BCUT2D eigenvalue weighted by Crippen LogP contribution is 2.31. The highest BCUT2D eigenvalue weighted by atomic mass is 79.9. The van der Waals surface area contributed by atoms with Crippen LogP contribution in [0.3, 0.4) is 0 Å². The summed E-state index contributed by atoms with van der Waals surface area (Å²) in [6.45, 7) is 6.22. The fourth-order valence-electron chi connectivity index (χ4n) is 2.05. The van der Waals surface area contributed by atoms with Crippen molar-refractivity contribution in [3.05, 3.63) is 33.8 Å². The molecule has 0 aliphatic rings. The van der Waals surface area contributed by atoms with E-state index in [0.717, 1.165) is 12.8 Å². The predicted octanol–water partition coefficient (Wildman–Crippen LogP) is 5.01. The van der Waals surface area contributed by atoms with Crippen LogP contribution in [0.4, 0.5) is 0 Å². The first-order chi connectivity index (χ1) is 8.08. The Morgan fingerprint density at radius 3 is 2.59 bits per heavy atom. The molecule has 17 heavy (non-hydrogen) atoms. The highest BCUT2D eigenvalue weighted by molar-refractivity contribution is 9.10. The minimum Gasteiger partial charge on any atom is -0.300 e. The molecule has 1 aromatic carbocycles. The van der Waals surface area contributed by atoms with Crippen molar-refractivity contribution in [2.24, 2.45) is 0 Å². The molecule has 0 saturated heterocycles. The second-order valence-corrected chi connectivity index (χ2v) is 5.42. The van der Waals surface area contributed by atoms with Crippen LogP contribution in [0.25, 0.3) is 0 Å². The summed E-state index contributed by atoms with van der Waals surface area (Å²) in [4.78, 5) is 11.4. The second kappa shape index (κ2) is 6.95. The average Bonchev–Trinajstić information content (AvgIpc) is 2.31. The number of carbonyl (C=O) groups excluding carboxylic acids is 1. The normalized spacial score (nSPS) is 12.5. The van der Waals surface area contributed by atoms with Gasteiger partial charge in [-0.3, -0.25) is 4.79 Å². The Kier molecular flexibility index (Phi) is 5.90. The minimum atomic E-state index is 0.367. The van der Waals surface area contributed by atoms with Gasteiger partial charge in [-0.05, 0) is 42.9 Å². The number of halogens is 1. The van der Waals surface area contributed by atoms with E-state index in [4.69, 9.17) is 0 Å². The van der Waals surface area contributed by atoms with Crippen LogP contribution in [0.1, 0.15) is 56.6 Å². The van der Waals surface area contributed by atoms with Gasteiger partial charge in [-0.1, -0.05) is 41.9 Å². The highest BCUT2D eigenvalue weighted by Gasteiger charge is 2.14. The molecule has 0 N–H and O–H groups in total. The van der Waals surface area contributed by atoms with E-state index in [2.05, 4.69) is 48.0 Å². The molecule has 0 radical (unpaired) electrons. The molecule has 2 heteroatoms. The lowest BCUT2D eigenvalue weighted by Crippen LogP contribution is -2.03. The van der Waals surface area contributed by atoms with Crippen LogP contribution in [0.2, 0.25) is 0 Å². The zero-order chi connectivity index (χ0) is 12.8. The average molecular weight is 297 g/mol. The molecule has 1 atom stereocenters. The summed E-state index contributed by atoms with van der Waals surface area (Å²) in [5, 5.41) is 0. The summed E-state index contributed by atoms with van der Waals surface area (Å²) >= 11 is 3.63. The third-order valence-electron chi connectivity index (χ3n) is 3.25. The van der Waals surface area contributed by atoms with E-state index in [1.807, 2.05) is 6.92 Å². The molecule has 1 unspecified atom stereocenters. The molecule has 94 valence electrons. The molecular weight excluding hydrogens is 276 g/mol. The summed E-state index contributed by atoms with van der Waals surface area (Å²) < 4.78 is 1.17. The number of ketones is 1. The molecule has 0 saturated carbocycles. The molecule has 0 amide bonds. The lowest BCUT2D eigenvalue weighted by Gasteiger charge is -2.17. The minimum absolute atomic E-state index is 0.367. The van der Waals surface area contributed by atoms with Crippen molar-refractivity contribution in [3.8, 4) is 0 Å². The van der Waals surface area contributed by atoms with Gasteiger partial charge >= 0.3 is 0 Å². The molecule has 1 aromatic rings. The molecule has 0 bridgehead atoms. The Hall–Kier alpha value is -0.630. The van der Waals surface area contributed by atoms with Crippen molar-refractivity contribution in [1.29, 1.82) is 0 Å². The zero-order valence-corrected chi connectivity index (χ0v) is 12.5. The second-order valence-electron chi connectivity index (χ2n) is 4.56. The summed E-state index contributed by atoms with van der Waals surface area (Å²) in [7, 11) is 0. The first kappa shape index (κ1) is 14.4. The van der Waals surface area contributed by atoms with Crippen LogP contribution < -0.4 is 0 Å². The van der Waals surface area contributed by atoms with Crippen molar-refractivity contribution in [2.45, 2.75) is 52.4 Å². The standard InChI is InChI=1S/C15H21BrO/c1-4-12(7-8-13(17)5-2)14-9-6-11(3)10-15(14)16/h6,9-10,12H,4-5,7-8H2,1-3H3. The summed E-state index contributed by atoms with van der Waals surface area (Å²) in [6.07, 6.45) is 3.41. The van der Waals surface area contributed by atoms with Gasteiger partial charge in [0.05, 0.1) is 0 Å². The fraction of sp³-hybridized carbons (Fsp3) is 0.533. The van der Waals surface area contributed by atoms with Crippen molar-refractivity contribution < 1.29 is 4.79 Å². The van der Waals surface area contributed by atoms with Gasteiger partial charge in [-0.15, -0.1) is 0 Å². The van der Waals surface area contributed by atoms with E-state index in [-0.39, 0.29) is 0 Å². The number of hydrogen-bond acceptors (Lipinski definition) is 1. The van der Waals surface area contributed by atoms with Crippen LogP contribution in [0, 0.1) is 6.92 Å². The first-order valence-electron chi connectivity index (χ1n) is 6.36. The van der Waals surface area contributed by atoms with E-state index < -0.39 is 0 Å². The Labute approximate surface area is 113 Å². The van der Waals surface area contributed by atoms with Crippen molar-refractivity contribution in [2.75, 3.05) is 0 Å². The number of benzene rings is 1. The van der Waals surface area contributed by atoms with Crippen LogP contribution in [-0.4, -0.2) is 5.78 Å². The van der Waals surface area contributed by atoms with E-state index in [1.165, 1.54) is 15.6 Å². The number of aryl methyl sites for hydroxylation is 1. The van der Waals surface area contributed by atoms with E-state index >= 15 is 0 Å². The summed E-state index contributed by atoms with van der Waals surface area (Å²) in [6, 6.07) is 6.48. The fourth-order valence-corrected chi connectivity index (χ4v) is 2.87. The topological polar surface area (TPSA) is 17.1 Å². The number of rotatable bonds is 6. The van der Waals surface area contributed by atoms with Crippen LogP contribution in [-0.2, 0) is 4.79 Å². The third-order valence-corrected chi connectivity index (χ3v) is 3.94. The first-order valence-corrected chi connectivity index (χ1v) is 7.15. The Bertz CT molecular complexity index is 385. The number of hydrogen-bond donors (Lipinski definition) is 0. The van der Waals surface area contributed by atoms with Crippen LogP contribution in [0.15, 0.2) is 22.7 Å². The van der Waals surface area contributed by atoms with Gasteiger partial charge < -0.3 is 0 Å². The molecule has 0 aromatic heterocycles. The molecule has 0 aliphatic carbocycles. The van der Waals surface area contributed by atoms with Crippen molar-refractivity contribution in [1.82, 2.24) is 0 Å². The smallest absolute Gasteiger partial charge is 0.132 e. The molecule has 1 nitrogen and oxygen atoms in total. The van der Waals surface area contributed by atoms with Crippen LogP contribution >= 0.6 is 15.9 Å². The number of Topliss-reactive ketones (excluding diaryl/α,β-unsaturated/α-hetero) is 1. The Balaban J connectivity index is 2.75. The maximum absolute atomic E-state index is 11.4. The van der Waals surface area contributed by atoms with E-state index in [1.54, 1.807) is 0 Å². The molecule has 0 fully saturated rings. The van der Waals surface area contributed by atoms with Gasteiger partial charge in [0.1, 0.15) is 5.78 Å². The molecule has 0 heterocycles. The molecule has 0 aliphatic heterocycles. The number of carbonyl (C=O) groups is 1. The van der Waals surface area contributed by atoms with E-state index in [0.29, 0.717) is 24.5 Å².